The highest BCUT2D eigenvalue weighted by atomic mass is 16.4. The number of fused-ring (bicyclic) bond motifs is 2. The predicted octanol–water partition coefficient (Wildman–Crippen LogP) is 2.85. The van der Waals surface area contributed by atoms with Crippen molar-refractivity contribution < 1.29 is 29.0 Å². The Bertz CT molecular complexity index is 3260. The number of carbonyl (C=O) groups excluding carboxylic acids is 2. The van der Waals surface area contributed by atoms with E-state index >= 15 is 0 Å². The van der Waals surface area contributed by atoms with Gasteiger partial charge in [-0.3, -0.25) is 19.4 Å². The number of amides is 2. The maximum Gasteiger partial charge on any atom is 0.336 e. The Kier molecular flexibility index (Phi) is 15.9. The van der Waals surface area contributed by atoms with E-state index in [0.717, 1.165) is 37.1 Å². The van der Waals surface area contributed by atoms with Crippen molar-refractivity contribution in [1.29, 1.82) is 0 Å². The Labute approximate surface area is 436 Å². The number of hydrogen-bond donors (Lipinski definition) is 6. The summed E-state index contributed by atoms with van der Waals surface area (Å²) in [5.74, 6) is -0.376. The van der Waals surface area contributed by atoms with Gasteiger partial charge in [0.25, 0.3) is 0 Å². The van der Waals surface area contributed by atoms with Crippen LogP contribution < -0.4 is 37.7 Å². The second-order valence-electron chi connectivity index (χ2n) is 19.0. The zero-order valence-electron chi connectivity index (χ0n) is 42.5. The first-order valence-electron chi connectivity index (χ1n) is 25.5. The van der Waals surface area contributed by atoms with Crippen LogP contribution in [0.3, 0.4) is 0 Å². The number of aryl methyl sites for hydroxylation is 2. The highest BCUT2D eigenvalue weighted by Gasteiger charge is 2.34. The van der Waals surface area contributed by atoms with Crippen LogP contribution in [-0.2, 0) is 29.0 Å². The first kappa shape index (κ1) is 52.1. The second-order valence-corrected chi connectivity index (χ2v) is 19.0. The number of aromatic hydroxyl groups is 1. The number of rotatable bonds is 20. The fraction of sp³-hybridized carbons (Fsp3) is 0.412. The lowest BCUT2D eigenvalue weighted by molar-refractivity contribution is -0.137. The van der Waals surface area contributed by atoms with Crippen molar-refractivity contribution in [2.45, 2.75) is 65.0 Å². The van der Waals surface area contributed by atoms with E-state index in [-0.39, 0.29) is 64.3 Å². The maximum absolute atomic E-state index is 14.3. The Morgan fingerprint density at radius 2 is 1.49 bits per heavy atom. The summed E-state index contributed by atoms with van der Waals surface area (Å²) in [7, 11) is 0. The van der Waals surface area contributed by atoms with Gasteiger partial charge >= 0.3 is 5.97 Å². The molecule has 2 amide bonds. The van der Waals surface area contributed by atoms with E-state index in [1.54, 1.807) is 40.0 Å². The maximum atomic E-state index is 14.3. The molecule has 0 unspecified atom stereocenters. The molecule has 2 fully saturated rings. The van der Waals surface area contributed by atoms with Gasteiger partial charge < -0.3 is 56.7 Å². The van der Waals surface area contributed by atoms with Gasteiger partial charge in [-0.2, -0.15) is 15.0 Å². The normalized spacial score (nSPS) is 14.8. The lowest BCUT2D eigenvalue weighted by Gasteiger charge is -2.38. The Morgan fingerprint density at radius 3 is 2.18 bits per heavy atom. The van der Waals surface area contributed by atoms with Crippen LogP contribution in [0.1, 0.15) is 67.3 Å². The molecule has 3 aromatic heterocycles. The van der Waals surface area contributed by atoms with Crippen molar-refractivity contribution in [2.75, 3.05) is 80.6 Å². The molecule has 3 aliphatic heterocycles. The quantitative estimate of drug-likeness (QED) is 0.0277. The number of nitrogens with two attached hydrogens (primary N) is 3. The molecule has 9 rings (SSSR count). The number of benzene rings is 3. The molecule has 0 bridgehead atoms. The minimum absolute atomic E-state index is 0.00667. The number of nitrogens with one attached hydrogen (secondary N) is 1. The summed E-state index contributed by atoms with van der Waals surface area (Å²) in [5, 5.41) is 41.9. The molecule has 0 saturated carbocycles. The van der Waals surface area contributed by atoms with E-state index in [1.807, 2.05) is 27.8 Å². The Balaban J connectivity index is 0.966. The van der Waals surface area contributed by atoms with Gasteiger partial charge in [0.15, 0.2) is 11.4 Å². The molecule has 0 radical (unpaired) electrons. The number of unbranched alkanes of at least 4 members (excludes halogenated alkanes) is 1. The predicted molar refractivity (Wildman–Crippen MR) is 283 cm³/mol. The average Bonchev–Trinajstić information content (AvgIpc) is 4.09. The second kappa shape index (κ2) is 23.2. The Hall–Kier alpha value is -8.74. The number of nitrogens with zero attached hydrogens (tertiary/aromatic N) is 14. The molecule has 5 aromatic rings. The summed E-state index contributed by atoms with van der Waals surface area (Å²) in [5.41, 5.74) is 19.7. The molecule has 25 heteroatoms. The highest BCUT2D eigenvalue weighted by Crippen LogP contribution is 2.42. The smallest absolute Gasteiger partial charge is 0.336 e. The molecule has 2 aromatic carbocycles. The zero-order valence-corrected chi connectivity index (χ0v) is 42.5. The van der Waals surface area contributed by atoms with Crippen molar-refractivity contribution in [1.82, 2.24) is 54.7 Å². The third-order valence-corrected chi connectivity index (χ3v) is 13.8. The van der Waals surface area contributed by atoms with Crippen LogP contribution in [0, 0.1) is 5.92 Å². The first-order valence-corrected chi connectivity index (χ1v) is 25.5. The van der Waals surface area contributed by atoms with Crippen molar-refractivity contribution >= 4 is 58.2 Å². The summed E-state index contributed by atoms with van der Waals surface area (Å²) in [4.78, 5) is 79.7. The number of aromatic carboxylic acids is 1. The third kappa shape index (κ3) is 11.9. The van der Waals surface area contributed by atoms with Crippen molar-refractivity contribution in [3.8, 4) is 28.2 Å². The number of hydrogen-bond acceptors (Lipinski definition) is 18. The highest BCUT2D eigenvalue weighted by molar-refractivity contribution is 6.08. The number of carbonyl (C=O) groups is 3. The number of guanidine groups is 1. The van der Waals surface area contributed by atoms with Crippen molar-refractivity contribution in [3.63, 3.8) is 0 Å². The number of anilines is 4. The molecular weight excluding hydrogens is 977 g/mol. The van der Waals surface area contributed by atoms with E-state index in [0.29, 0.717) is 118 Å². The van der Waals surface area contributed by atoms with Gasteiger partial charge in [0.2, 0.25) is 29.7 Å². The molecular formula is C51H62N18O7. The van der Waals surface area contributed by atoms with Crippen LogP contribution in [0.15, 0.2) is 81.2 Å². The molecule has 9 N–H and O–H groups in total. The lowest BCUT2D eigenvalue weighted by atomic mass is 9.90. The van der Waals surface area contributed by atoms with Crippen LogP contribution in [0.5, 0.6) is 5.75 Å². The van der Waals surface area contributed by atoms with Gasteiger partial charge in [-0.1, -0.05) is 36.8 Å². The number of piperazine rings is 2. The number of carboxylic acid groups (broad SMARTS) is 1. The van der Waals surface area contributed by atoms with Gasteiger partial charge in [0.05, 0.1) is 17.0 Å². The van der Waals surface area contributed by atoms with Crippen LogP contribution >= 0.6 is 0 Å². The fourth-order valence-corrected chi connectivity index (χ4v) is 9.55. The number of carboxylic acids is 1. The molecule has 76 heavy (non-hydrogen) atoms. The van der Waals surface area contributed by atoms with Gasteiger partial charge in [-0.05, 0) is 86.5 Å². The Morgan fingerprint density at radius 1 is 0.803 bits per heavy atom. The van der Waals surface area contributed by atoms with Crippen molar-refractivity contribution in [3.05, 3.63) is 94.2 Å². The standard InChI is InChI=1S/C51H62N18O7/c1-3-31(2)45(69-29-34(61-63-69)7-4-5-15-52)46(73)65-19-23-67(24-20-65)51-58-49(57-50(59-51)66-21-17-64(18-22-66)43(72)30-68-28-33(60-62-68)8-6-16-55-48(53)54)56-32-9-12-37(40(25-32)47(74)75)44-38-13-10-35(70)26-41(38)76-42-27-36(71)11-14-39(42)44/h9-14,25-29,31,45,70H,3-8,15-24,30,52H2,1-2H3,(H,74,75)(H4,53,54,55)(H,56,57,58,59)/t31-,45-/m0/s1. The van der Waals surface area contributed by atoms with E-state index in [1.165, 1.54) is 35.0 Å². The molecule has 2 atom stereocenters. The van der Waals surface area contributed by atoms with Crippen LogP contribution in [0.2, 0.25) is 0 Å². The van der Waals surface area contributed by atoms with E-state index in [2.05, 4.69) is 37.9 Å². The van der Waals surface area contributed by atoms with Crippen LogP contribution in [0.4, 0.5) is 23.5 Å². The minimum atomic E-state index is -1.22. The van der Waals surface area contributed by atoms with E-state index in [4.69, 9.17) is 36.6 Å². The topological polar surface area (TPSA) is 337 Å². The first-order chi connectivity index (χ1) is 36.7. The largest absolute Gasteiger partial charge is 0.508 e. The average molecular weight is 1040 g/mol. The van der Waals surface area contributed by atoms with Gasteiger partial charge in [0, 0.05) is 106 Å². The van der Waals surface area contributed by atoms with Crippen molar-refractivity contribution in [2.24, 2.45) is 28.1 Å². The molecule has 2 saturated heterocycles. The summed E-state index contributed by atoms with van der Waals surface area (Å²) in [6.07, 6.45) is 8.15. The molecule has 398 valence electrons. The molecule has 4 aliphatic rings. The molecule has 1 aliphatic carbocycles. The van der Waals surface area contributed by atoms with Gasteiger partial charge in [-0.25, -0.2) is 14.2 Å². The van der Waals surface area contributed by atoms with Crippen LogP contribution in [-0.4, -0.2) is 154 Å². The monoisotopic (exact) mass is 1040 g/mol. The fourth-order valence-electron chi connectivity index (χ4n) is 9.55. The number of phenols is 1. The SMILES string of the molecule is CC[C@H](C)[C@@H](C(=O)N1CCN(c2nc(Nc3ccc(-c4c5ccc(=O)cc-5oc5cc(O)ccc45)c(C(=O)O)c3)nc(N3CCN(C(=O)Cn4cc(CCCN=C(N)N)nn4)CC3)n2)CC1)n1cc(CCCCN)nn1. The molecule has 6 heterocycles. The summed E-state index contributed by atoms with van der Waals surface area (Å²) < 4.78 is 9.24. The number of aromatic nitrogens is 9. The number of aliphatic imine (C=N–C) groups is 1. The van der Waals surface area contributed by atoms with Crippen LogP contribution in [0.25, 0.3) is 33.4 Å². The summed E-state index contributed by atoms with van der Waals surface area (Å²) in [6, 6.07) is 13.2. The minimum Gasteiger partial charge on any atom is -0.508 e. The van der Waals surface area contributed by atoms with Gasteiger partial charge in [-0.15, -0.1) is 10.2 Å². The van der Waals surface area contributed by atoms with Gasteiger partial charge in [0.1, 0.15) is 29.7 Å². The molecule has 25 nitrogen and oxygen atoms in total. The lowest BCUT2D eigenvalue weighted by Crippen LogP contribution is -2.52. The number of phenolic OH excluding ortho intramolecular Hbond substituents is 1. The summed E-state index contributed by atoms with van der Waals surface area (Å²) in [6.45, 7) is 8.28. The third-order valence-electron chi connectivity index (χ3n) is 13.8. The summed E-state index contributed by atoms with van der Waals surface area (Å²) >= 11 is 0. The van der Waals surface area contributed by atoms with E-state index in [9.17, 15) is 29.4 Å². The van der Waals surface area contributed by atoms with E-state index < -0.39 is 12.0 Å². The molecule has 0 spiro atoms. The zero-order chi connectivity index (χ0) is 53.5.